The number of hydrogen-bond donors (Lipinski definition) is 1. The van der Waals surface area contributed by atoms with Gasteiger partial charge in [-0.25, -0.2) is 4.68 Å². The van der Waals surface area contributed by atoms with E-state index in [1.807, 2.05) is 4.68 Å². The van der Waals surface area contributed by atoms with E-state index in [0.29, 0.717) is 17.4 Å². The minimum Gasteiger partial charge on any atom is -0.330 e. The smallest absolute Gasteiger partial charge is 0.157 e. The third kappa shape index (κ3) is 2.04. The van der Waals surface area contributed by atoms with Gasteiger partial charge < -0.3 is 5.73 Å². The molecule has 0 spiro atoms. The highest BCUT2D eigenvalue weighted by Crippen LogP contribution is 2.69. The van der Waals surface area contributed by atoms with E-state index in [1.54, 1.807) is 0 Å². The topological polar surface area (TPSA) is 69.6 Å². The van der Waals surface area contributed by atoms with Crippen LogP contribution in [0.15, 0.2) is 0 Å². The Hall–Kier alpha value is -0.970. The summed E-state index contributed by atoms with van der Waals surface area (Å²) in [5, 5.41) is 12.7. The van der Waals surface area contributed by atoms with Crippen molar-refractivity contribution in [2.24, 2.45) is 22.5 Å². The van der Waals surface area contributed by atoms with Crippen molar-refractivity contribution in [3.63, 3.8) is 0 Å². The normalized spacial score (nSPS) is 44.4. The third-order valence-electron chi connectivity index (χ3n) is 6.21. The molecule has 2 atom stereocenters. The molecule has 21 heavy (non-hydrogen) atoms. The van der Waals surface area contributed by atoms with Crippen LogP contribution >= 0.6 is 0 Å². The molecule has 4 aliphatic rings. The minimum atomic E-state index is 0.223. The van der Waals surface area contributed by atoms with Crippen molar-refractivity contribution in [2.75, 3.05) is 6.54 Å². The van der Waals surface area contributed by atoms with E-state index in [-0.39, 0.29) is 5.41 Å². The molecular formula is C16H27N5. The van der Waals surface area contributed by atoms with E-state index in [1.165, 1.54) is 38.5 Å². The van der Waals surface area contributed by atoms with E-state index < -0.39 is 0 Å². The highest BCUT2D eigenvalue weighted by atomic mass is 15.5. The Morgan fingerprint density at radius 3 is 2.48 bits per heavy atom. The molecule has 0 saturated heterocycles. The number of rotatable bonds is 4. The highest BCUT2D eigenvalue weighted by molar-refractivity contribution is 5.21. The maximum absolute atomic E-state index is 5.66. The van der Waals surface area contributed by atoms with Crippen LogP contribution in [-0.4, -0.2) is 26.8 Å². The summed E-state index contributed by atoms with van der Waals surface area (Å²) in [4.78, 5) is 0. The van der Waals surface area contributed by atoms with Crippen molar-refractivity contribution in [1.29, 1.82) is 0 Å². The fraction of sp³-hybridized carbons (Fsp3) is 0.938. The summed E-state index contributed by atoms with van der Waals surface area (Å²) < 4.78 is 2.05. The Morgan fingerprint density at radius 2 is 1.86 bits per heavy atom. The number of aryl methyl sites for hydroxylation is 1. The van der Waals surface area contributed by atoms with Gasteiger partial charge in [-0.3, -0.25) is 0 Å². The Kier molecular flexibility index (Phi) is 2.79. The number of aromatic nitrogens is 4. The Balaban J connectivity index is 1.73. The summed E-state index contributed by atoms with van der Waals surface area (Å²) >= 11 is 0. The zero-order valence-corrected chi connectivity index (χ0v) is 13.3. The van der Waals surface area contributed by atoms with Gasteiger partial charge in [0.1, 0.15) is 0 Å². The largest absolute Gasteiger partial charge is 0.330 e. The maximum Gasteiger partial charge on any atom is 0.157 e. The highest BCUT2D eigenvalue weighted by Gasteiger charge is 2.62. The van der Waals surface area contributed by atoms with Crippen LogP contribution in [0.1, 0.15) is 64.6 Å². The first-order valence-electron chi connectivity index (χ1n) is 8.43. The van der Waals surface area contributed by atoms with Gasteiger partial charge in [-0.1, -0.05) is 13.8 Å². The van der Waals surface area contributed by atoms with Gasteiger partial charge in [0.2, 0.25) is 0 Å². The molecule has 2 N–H and O–H groups in total. The summed E-state index contributed by atoms with van der Waals surface area (Å²) in [6.45, 7) is 6.56. The van der Waals surface area contributed by atoms with E-state index in [4.69, 9.17) is 5.73 Å². The minimum absolute atomic E-state index is 0.223. The monoisotopic (exact) mass is 289 g/mol. The second-order valence-corrected chi connectivity index (χ2v) is 8.78. The summed E-state index contributed by atoms with van der Waals surface area (Å²) in [5.41, 5.74) is 6.88. The van der Waals surface area contributed by atoms with Crippen molar-refractivity contribution >= 4 is 0 Å². The first-order chi connectivity index (χ1) is 9.96. The molecule has 4 fully saturated rings. The van der Waals surface area contributed by atoms with Crippen molar-refractivity contribution in [2.45, 2.75) is 70.8 Å². The standard InChI is InChI=1S/C16H27N5/c1-14-6-12-7-15(2,9-14)11-16(8-12,10-14)13-18-19-20-21(13)5-3-4-17/h12H,3-11,17H2,1-2H3. The second kappa shape index (κ2) is 4.28. The Morgan fingerprint density at radius 1 is 1.14 bits per heavy atom. The predicted octanol–water partition coefficient (Wildman–Crippen LogP) is 2.27. The van der Waals surface area contributed by atoms with Gasteiger partial charge in [0.15, 0.2) is 5.82 Å². The van der Waals surface area contributed by atoms with Gasteiger partial charge in [0.05, 0.1) is 0 Å². The zero-order valence-electron chi connectivity index (χ0n) is 13.3. The summed E-state index contributed by atoms with van der Waals surface area (Å²) in [5.74, 6) is 2.02. The first-order valence-corrected chi connectivity index (χ1v) is 8.43. The quantitative estimate of drug-likeness (QED) is 0.923. The molecule has 2 unspecified atom stereocenters. The fourth-order valence-electron chi connectivity index (χ4n) is 6.67. The van der Waals surface area contributed by atoms with Crippen molar-refractivity contribution in [3.05, 3.63) is 5.82 Å². The number of tetrazole rings is 1. The Labute approximate surface area is 126 Å². The molecule has 0 aromatic carbocycles. The van der Waals surface area contributed by atoms with E-state index in [9.17, 15) is 0 Å². The molecule has 1 aromatic rings. The van der Waals surface area contributed by atoms with Gasteiger partial charge in [0.25, 0.3) is 0 Å². The van der Waals surface area contributed by atoms with Crippen LogP contribution in [-0.2, 0) is 12.0 Å². The molecule has 116 valence electrons. The average Bonchev–Trinajstić information content (AvgIpc) is 2.80. The van der Waals surface area contributed by atoms with Gasteiger partial charge >= 0.3 is 0 Å². The maximum atomic E-state index is 5.66. The van der Waals surface area contributed by atoms with E-state index >= 15 is 0 Å². The first kappa shape index (κ1) is 13.7. The van der Waals surface area contributed by atoms with Gasteiger partial charge in [-0.2, -0.15) is 0 Å². The van der Waals surface area contributed by atoms with E-state index in [0.717, 1.165) is 24.7 Å². The Bertz CT molecular complexity index is 533. The van der Waals surface area contributed by atoms with Gasteiger partial charge in [-0.15, -0.1) is 5.10 Å². The molecule has 4 saturated carbocycles. The lowest BCUT2D eigenvalue weighted by molar-refractivity contribution is -0.113. The van der Waals surface area contributed by atoms with Crippen molar-refractivity contribution < 1.29 is 0 Å². The van der Waals surface area contributed by atoms with Crippen LogP contribution < -0.4 is 5.73 Å². The number of nitrogens with two attached hydrogens (primary N) is 1. The fourth-order valence-corrected chi connectivity index (χ4v) is 6.67. The summed E-state index contributed by atoms with van der Waals surface area (Å²) in [6, 6.07) is 0. The average molecular weight is 289 g/mol. The molecule has 0 radical (unpaired) electrons. The van der Waals surface area contributed by atoms with Crippen LogP contribution in [0.5, 0.6) is 0 Å². The lowest BCUT2D eigenvalue weighted by atomic mass is 9.40. The third-order valence-corrected chi connectivity index (χ3v) is 6.21. The SMILES string of the molecule is CC12CC3CC(C)(C1)CC(c1nnnn1CCCN)(C3)C2. The number of nitrogens with zero attached hydrogens (tertiary/aromatic N) is 4. The molecule has 0 amide bonds. The molecule has 0 aliphatic heterocycles. The molecular weight excluding hydrogens is 262 g/mol. The predicted molar refractivity (Wildman–Crippen MR) is 80.6 cm³/mol. The molecule has 5 rings (SSSR count). The molecule has 4 aliphatic carbocycles. The van der Waals surface area contributed by atoms with Crippen LogP contribution in [0.25, 0.3) is 0 Å². The molecule has 5 heteroatoms. The molecule has 1 aromatic heterocycles. The van der Waals surface area contributed by atoms with Crippen LogP contribution in [0.3, 0.4) is 0 Å². The summed E-state index contributed by atoms with van der Waals surface area (Å²) in [7, 11) is 0. The second-order valence-electron chi connectivity index (χ2n) is 8.78. The number of hydrogen-bond acceptors (Lipinski definition) is 4. The van der Waals surface area contributed by atoms with Crippen LogP contribution in [0.4, 0.5) is 0 Å². The van der Waals surface area contributed by atoms with Crippen LogP contribution in [0, 0.1) is 16.7 Å². The summed E-state index contributed by atoms with van der Waals surface area (Å²) in [6.07, 6.45) is 9.00. The van der Waals surface area contributed by atoms with Crippen LogP contribution in [0.2, 0.25) is 0 Å². The van der Waals surface area contributed by atoms with Gasteiger partial charge in [0, 0.05) is 12.0 Å². The lowest BCUT2D eigenvalue weighted by Crippen LogP contribution is -2.57. The zero-order chi connectivity index (χ0) is 14.7. The van der Waals surface area contributed by atoms with Crippen molar-refractivity contribution in [3.8, 4) is 0 Å². The van der Waals surface area contributed by atoms with Crippen molar-refractivity contribution in [1.82, 2.24) is 20.2 Å². The molecule has 5 nitrogen and oxygen atoms in total. The molecule has 1 heterocycles. The lowest BCUT2D eigenvalue weighted by Gasteiger charge is -2.64. The van der Waals surface area contributed by atoms with Gasteiger partial charge in [-0.05, 0) is 78.7 Å². The van der Waals surface area contributed by atoms with E-state index in [2.05, 4.69) is 29.4 Å². The molecule has 4 bridgehead atoms.